The van der Waals surface area contributed by atoms with Crippen molar-refractivity contribution >= 4 is 23.1 Å². The number of esters is 1. The number of aromatic hydroxyl groups is 1. The molecule has 0 fully saturated rings. The van der Waals surface area contributed by atoms with Crippen molar-refractivity contribution in [2.75, 3.05) is 19.5 Å². The number of benzene rings is 2. The number of phenols is 1. The molecule has 2 N–H and O–H groups in total. The molecule has 0 aliphatic heterocycles. The third-order valence-corrected chi connectivity index (χ3v) is 4.81. The van der Waals surface area contributed by atoms with Gasteiger partial charge in [0.2, 0.25) is 0 Å². The molecule has 152 valence electrons. The number of nitrogens with one attached hydrogen (secondary N) is 1. The highest BCUT2D eigenvalue weighted by atomic mass is 16.5. The maximum absolute atomic E-state index is 12.2. The Balaban J connectivity index is 1.92. The van der Waals surface area contributed by atoms with Crippen LogP contribution >= 0.6 is 0 Å². The van der Waals surface area contributed by atoms with E-state index < -0.39 is 5.97 Å². The number of anilines is 2. The number of ether oxygens (including phenoxy) is 2. The molecule has 0 radical (unpaired) electrons. The lowest BCUT2D eigenvalue weighted by atomic mass is 10.1. The number of carbonyl (C=O) groups excluding carboxylic acids is 1. The van der Waals surface area contributed by atoms with Gasteiger partial charge < -0.3 is 19.9 Å². The zero-order valence-corrected chi connectivity index (χ0v) is 16.8. The SMILES string of the molecule is COC(=O)c1ccccc1Nc1c(-c2ccc(O)c(OC)c2)nc2ccc(C)cn12. The first kappa shape index (κ1) is 19.3. The Bertz CT molecular complexity index is 1250. The predicted octanol–water partition coefficient (Wildman–Crippen LogP) is 4.55. The number of para-hydroxylation sites is 1. The fraction of sp³-hybridized carbons (Fsp3) is 0.130. The lowest BCUT2D eigenvalue weighted by Gasteiger charge is -2.13. The van der Waals surface area contributed by atoms with Crippen molar-refractivity contribution in [3.8, 4) is 22.8 Å². The van der Waals surface area contributed by atoms with Crippen molar-refractivity contribution in [2.24, 2.45) is 0 Å². The summed E-state index contributed by atoms with van der Waals surface area (Å²) in [6, 6.07) is 16.1. The Kier molecular flexibility index (Phi) is 5.02. The minimum absolute atomic E-state index is 0.0476. The molecule has 0 bridgehead atoms. The maximum atomic E-state index is 12.2. The topological polar surface area (TPSA) is 85.1 Å². The molecule has 4 aromatic rings. The quantitative estimate of drug-likeness (QED) is 0.476. The van der Waals surface area contributed by atoms with Gasteiger partial charge >= 0.3 is 5.97 Å². The largest absolute Gasteiger partial charge is 0.504 e. The summed E-state index contributed by atoms with van der Waals surface area (Å²) >= 11 is 0. The van der Waals surface area contributed by atoms with Gasteiger partial charge in [-0.25, -0.2) is 9.78 Å². The fourth-order valence-electron chi connectivity index (χ4n) is 3.30. The zero-order valence-electron chi connectivity index (χ0n) is 16.8. The zero-order chi connectivity index (χ0) is 21.3. The van der Waals surface area contributed by atoms with E-state index in [1.165, 1.54) is 14.2 Å². The number of aromatic nitrogens is 2. The molecule has 0 saturated carbocycles. The fourth-order valence-corrected chi connectivity index (χ4v) is 3.30. The highest BCUT2D eigenvalue weighted by Gasteiger charge is 2.19. The number of imidazole rings is 1. The van der Waals surface area contributed by atoms with Crippen LogP contribution in [0.5, 0.6) is 11.5 Å². The Morgan fingerprint density at radius 1 is 1.10 bits per heavy atom. The van der Waals surface area contributed by atoms with Gasteiger partial charge in [-0.1, -0.05) is 18.2 Å². The average Bonchev–Trinajstić information content (AvgIpc) is 3.11. The smallest absolute Gasteiger partial charge is 0.339 e. The van der Waals surface area contributed by atoms with Gasteiger partial charge in [0.25, 0.3) is 0 Å². The third kappa shape index (κ3) is 3.41. The van der Waals surface area contributed by atoms with Gasteiger partial charge in [-0.05, 0) is 48.9 Å². The third-order valence-electron chi connectivity index (χ3n) is 4.81. The molecule has 2 aromatic carbocycles. The van der Waals surface area contributed by atoms with Crippen LogP contribution in [0.3, 0.4) is 0 Å². The van der Waals surface area contributed by atoms with E-state index in [9.17, 15) is 9.90 Å². The van der Waals surface area contributed by atoms with E-state index in [4.69, 9.17) is 14.5 Å². The maximum Gasteiger partial charge on any atom is 0.339 e. The summed E-state index contributed by atoms with van der Waals surface area (Å²) in [5.74, 6) is 0.641. The van der Waals surface area contributed by atoms with Gasteiger partial charge in [0, 0.05) is 11.8 Å². The second-order valence-electron chi connectivity index (χ2n) is 6.79. The van der Waals surface area contributed by atoms with Crippen LogP contribution in [0.4, 0.5) is 11.5 Å². The second-order valence-corrected chi connectivity index (χ2v) is 6.79. The molecule has 4 rings (SSSR count). The number of hydrogen-bond donors (Lipinski definition) is 2. The van der Waals surface area contributed by atoms with E-state index in [0.717, 1.165) is 16.8 Å². The number of pyridine rings is 1. The molecule has 7 nitrogen and oxygen atoms in total. The van der Waals surface area contributed by atoms with Crippen LogP contribution < -0.4 is 10.1 Å². The minimum atomic E-state index is -0.434. The monoisotopic (exact) mass is 403 g/mol. The summed E-state index contributed by atoms with van der Waals surface area (Å²) in [6.45, 7) is 1.99. The number of hydrogen-bond acceptors (Lipinski definition) is 6. The van der Waals surface area contributed by atoms with Crippen LogP contribution in [0.2, 0.25) is 0 Å². The van der Waals surface area contributed by atoms with Crippen molar-refractivity contribution in [2.45, 2.75) is 6.92 Å². The number of carbonyl (C=O) groups is 1. The van der Waals surface area contributed by atoms with Crippen molar-refractivity contribution in [3.05, 3.63) is 71.9 Å². The predicted molar refractivity (Wildman–Crippen MR) is 115 cm³/mol. The van der Waals surface area contributed by atoms with E-state index in [-0.39, 0.29) is 5.75 Å². The molecule has 0 unspecified atom stereocenters. The molecule has 2 heterocycles. The van der Waals surface area contributed by atoms with Crippen LogP contribution in [0, 0.1) is 6.92 Å². The lowest BCUT2D eigenvalue weighted by molar-refractivity contribution is 0.0602. The first-order valence-corrected chi connectivity index (χ1v) is 9.32. The molecule has 0 spiro atoms. The molecule has 0 atom stereocenters. The Labute approximate surface area is 173 Å². The van der Waals surface area contributed by atoms with E-state index in [1.54, 1.807) is 30.3 Å². The van der Waals surface area contributed by atoms with Gasteiger partial charge in [-0.15, -0.1) is 0 Å². The number of fused-ring (bicyclic) bond motifs is 1. The van der Waals surface area contributed by atoms with Gasteiger partial charge in [0.1, 0.15) is 17.2 Å². The van der Waals surface area contributed by atoms with Crippen LogP contribution in [0.25, 0.3) is 16.9 Å². The average molecular weight is 403 g/mol. The van der Waals surface area contributed by atoms with E-state index >= 15 is 0 Å². The molecule has 0 aliphatic carbocycles. The van der Waals surface area contributed by atoms with Crippen molar-refractivity contribution in [1.82, 2.24) is 9.38 Å². The highest BCUT2D eigenvalue weighted by Crippen LogP contribution is 2.36. The first-order valence-electron chi connectivity index (χ1n) is 9.32. The van der Waals surface area contributed by atoms with Crippen LogP contribution in [-0.2, 0) is 4.74 Å². The van der Waals surface area contributed by atoms with Crippen LogP contribution in [0.1, 0.15) is 15.9 Å². The number of nitrogens with zero attached hydrogens (tertiary/aromatic N) is 2. The number of methoxy groups -OCH3 is 2. The summed E-state index contributed by atoms with van der Waals surface area (Å²) in [6.07, 6.45) is 1.96. The van der Waals surface area contributed by atoms with E-state index in [2.05, 4.69) is 5.32 Å². The summed E-state index contributed by atoms with van der Waals surface area (Å²) in [5.41, 5.74) is 4.21. The van der Waals surface area contributed by atoms with Crippen molar-refractivity contribution < 1.29 is 19.4 Å². The Morgan fingerprint density at radius 2 is 1.90 bits per heavy atom. The number of phenolic OH excluding ortho intramolecular Hbond substituents is 1. The molecule has 0 amide bonds. The van der Waals surface area contributed by atoms with Crippen LogP contribution in [0.15, 0.2) is 60.8 Å². The molecule has 0 saturated heterocycles. The molecule has 2 aromatic heterocycles. The molecule has 30 heavy (non-hydrogen) atoms. The van der Waals surface area contributed by atoms with E-state index in [1.807, 2.05) is 41.8 Å². The normalized spacial score (nSPS) is 10.8. The number of aryl methyl sites for hydroxylation is 1. The lowest BCUT2D eigenvalue weighted by Crippen LogP contribution is -2.06. The summed E-state index contributed by atoms with van der Waals surface area (Å²) in [4.78, 5) is 17.0. The standard InChI is InChI=1S/C23H21N3O4/c1-14-8-11-20-25-21(15-9-10-18(27)19(12-15)29-2)22(26(20)13-14)24-17-7-5-4-6-16(17)23(28)30-3/h4-13,24,27H,1-3H3. The summed E-state index contributed by atoms with van der Waals surface area (Å²) < 4.78 is 12.1. The number of rotatable bonds is 5. The van der Waals surface area contributed by atoms with Gasteiger partial charge in [0.15, 0.2) is 11.5 Å². The van der Waals surface area contributed by atoms with Crippen molar-refractivity contribution in [3.63, 3.8) is 0 Å². The highest BCUT2D eigenvalue weighted by molar-refractivity contribution is 5.97. The van der Waals surface area contributed by atoms with Gasteiger partial charge in [-0.3, -0.25) is 4.40 Å². The van der Waals surface area contributed by atoms with Crippen molar-refractivity contribution in [1.29, 1.82) is 0 Å². The van der Waals surface area contributed by atoms with Gasteiger partial charge in [-0.2, -0.15) is 0 Å². The Morgan fingerprint density at radius 3 is 2.67 bits per heavy atom. The minimum Gasteiger partial charge on any atom is -0.504 e. The summed E-state index contributed by atoms with van der Waals surface area (Å²) in [5, 5.41) is 13.3. The van der Waals surface area contributed by atoms with Crippen LogP contribution in [-0.4, -0.2) is 34.7 Å². The van der Waals surface area contributed by atoms with Gasteiger partial charge in [0.05, 0.1) is 25.5 Å². The second kappa shape index (κ2) is 7.79. The Hall–Kier alpha value is -4.00. The molecule has 0 aliphatic rings. The molecular formula is C23H21N3O4. The molecule has 7 heteroatoms. The first-order chi connectivity index (χ1) is 14.5. The molecular weight excluding hydrogens is 382 g/mol. The summed E-state index contributed by atoms with van der Waals surface area (Å²) in [7, 11) is 2.85. The van der Waals surface area contributed by atoms with E-state index in [0.29, 0.717) is 28.5 Å².